The Bertz CT molecular complexity index is 1390. The highest BCUT2D eigenvalue weighted by Crippen LogP contribution is 2.29. The number of esters is 2. The van der Waals surface area contributed by atoms with E-state index < -0.39 is 59.1 Å². The number of nitrogens with zero attached hydrogens (tertiary/aromatic N) is 1. The number of unbranched alkanes of at least 4 members (excludes halogenated alkanes) is 14. The van der Waals surface area contributed by atoms with Crippen molar-refractivity contribution in [1.82, 2.24) is 4.90 Å². The van der Waals surface area contributed by atoms with E-state index in [1.165, 1.54) is 37.5 Å². The quantitative estimate of drug-likeness (QED) is 0.0215. The van der Waals surface area contributed by atoms with Crippen LogP contribution < -0.4 is 4.74 Å². The Morgan fingerprint density at radius 1 is 0.604 bits per heavy atom. The third kappa shape index (κ3) is 17.2. The van der Waals surface area contributed by atoms with Gasteiger partial charge in [-0.15, -0.1) is 0 Å². The van der Waals surface area contributed by atoms with Crippen LogP contribution in [0.15, 0.2) is 30.3 Å². The number of carbonyl (C=O) groups excluding carboxylic acids is 4. The van der Waals surface area contributed by atoms with Gasteiger partial charge in [0.25, 0.3) is 0 Å². The van der Waals surface area contributed by atoms with Crippen molar-refractivity contribution < 1.29 is 50.6 Å². The third-order valence-electron chi connectivity index (χ3n) is 9.19. The molecule has 0 spiro atoms. The second-order valence-corrected chi connectivity index (χ2v) is 13.6. The molecule has 0 radical (unpaired) electrons. The first-order valence-electron chi connectivity index (χ1n) is 19.2. The number of Topliss-reactive ketones (excluding diaryl/α,β-unsaturated/α-hetero) is 1. The van der Waals surface area contributed by atoms with Crippen molar-refractivity contribution in [3.05, 3.63) is 65.0 Å². The van der Waals surface area contributed by atoms with Crippen LogP contribution in [-0.4, -0.2) is 41.1 Å². The number of ketones is 1. The Labute approximate surface area is 311 Å². The summed E-state index contributed by atoms with van der Waals surface area (Å²) in [7, 11) is 0. The molecule has 1 amide bonds. The Morgan fingerprint density at radius 2 is 1.09 bits per heavy atom. The van der Waals surface area contributed by atoms with E-state index in [1.807, 2.05) is 30.3 Å². The molecule has 0 aromatic heterocycles. The standard InChI is InChI=1S/C41H56F5NO6/c1-3-4-5-6-7-8-12-15-21-28-47(32(30(2)48)26-27-35(51)53-41-39(45)37(43)36(42)38(44)40(41)46)33(49)24-19-13-10-9-11-14-20-25-34(50)52-29-31-22-17-16-18-23-31/h16-18,22-23,32H,3-15,19-21,24-29H2,1-2H3/t32-/m1/s1. The van der Waals surface area contributed by atoms with Crippen molar-refractivity contribution >= 4 is 23.6 Å². The lowest BCUT2D eigenvalue weighted by molar-refractivity contribution is -0.145. The topological polar surface area (TPSA) is 90.0 Å². The van der Waals surface area contributed by atoms with Crippen LogP contribution in [0.1, 0.15) is 148 Å². The summed E-state index contributed by atoms with van der Waals surface area (Å²) in [5.74, 6) is -15.3. The molecule has 296 valence electrons. The minimum atomic E-state index is -2.38. The normalized spacial score (nSPS) is 11.7. The van der Waals surface area contributed by atoms with E-state index in [2.05, 4.69) is 11.7 Å². The smallest absolute Gasteiger partial charge is 0.311 e. The van der Waals surface area contributed by atoms with Gasteiger partial charge in [0.2, 0.25) is 40.7 Å². The lowest BCUT2D eigenvalue weighted by Gasteiger charge is -2.30. The second kappa shape index (κ2) is 26.0. The first kappa shape index (κ1) is 45.3. The van der Waals surface area contributed by atoms with Crippen LogP contribution in [-0.2, 0) is 30.5 Å². The highest BCUT2D eigenvalue weighted by molar-refractivity contribution is 5.88. The number of amides is 1. The number of carbonyl (C=O) groups is 4. The van der Waals surface area contributed by atoms with Gasteiger partial charge in [0.1, 0.15) is 6.61 Å². The first-order chi connectivity index (χ1) is 25.5. The summed E-state index contributed by atoms with van der Waals surface area (Å²) >= 11 is 0. The van der Waals surface area contributed by atoms with Crippen LogP contribution in [0.3, 0.4) is 0 Å². The monoisotopic (exact) mass is 753 g/mol. The molecule has 0 unspecified atom stereocenters. The molecule has 0 saturated heterocycles. The Hall–Kier alpha value is -3.83. The average Bonchev–Trinajstić information content (AvgIpc) is 3.15. The van der Waals surface area contributed by atoms with Crippen LogP contribution in [0.5, 0.6) is 5.75 Å². The molecule has 0 heterocycles. The zero-order valence-corrected chi connectivity index (χ0v) is 31.3. The number of ether oxygens (including phenoxy) is 2. The minimum Gasteiger partial charge on any atom is -0.461 e. The van der Waals surface area contributed by atoms with Gasteiger partial charge in [0, 0.05) is 25.8 Å². The van der Waals surface area contributed by atoms with E-state index in [4.69, 9.17) is 4.74 Å². The summed E-state index contributed by atoms with van der Waals surface area (Å²) in [6.45, 7) is 3.98. The van der Waals surface area contributed by atoms with Crippen LogP contribution in [0.2, 0.25) is 0 Å². The lowest BCUT2D eigenvalue weighted by atomic mass is 10.0. The van der Waals surface area contributed by atoms with Gasteiger partial charge in [-0.2, -0.15) is 8.78 Å². The summed E-state index contributed by atoms with van der Waals surface area (Å²) in [6, 6.07) is 8.47. The van der Waals surface area contributed by atoms with Crippen LogP contribution >= 0.6 is 0 Å². The van der Waals surface area contributed by atoms with E-state index in [0.717, 1.165) is 69.8 Å². The highest BCUT2D eigenvalue weighted by Gasteiger charge is 2.31. The van der Waals surface area contributed by atoms with E-state index in [-0.39, 0.29) is 37.9 Å². The molecule has 53 heavy (non-hydrogen) atoms. The summed E-state index contributed by atoms with van der Waals surface area (Å²) in [5, 5.41) is 0. The first-order valence-corrected chi connectivity index (χ1v) is 19.2. The molecule has 2 aromatic carbocycles. The molecular weight excluding hydrogens is 697 g/mol. The van der Waals surface area contributed by atoms with Crippen molar-refractivity contribution in [2.45, 2.75) is 155 Å². The van der Waals surface area contributed by atoms with Gasteiger partial charge >= 0.3 is 11.9 Å². The van der Waals surface area contributed by atoms with Crippen molar-refractivity contribution in [3.63, 3.8) is 0 Å². The number of halogens is 5. The minimum absolute atomic E-state index is 0.184. The molecule has 0 saturated carbocycles. The fourth-order valence-electron chi connectivity index (χ4n) is 6.10. The van der Waals surface area contributed by atoms with Crippen LogP contribution in [0.4, 0.5) is 22.0 Å². The van der Waals surface area contributed by atoms with Gasteiger partial charge in [0.15, 0.2) is 5.78 Å². The molecular formula is C41H56F5NO6. The zero-order chi connectivity index (χ0) is 39.0. The fourth-order valence-corrected chi connectivity index (χ4v) is 6.10. The Morgan fingerprint density at radius 3 is 1.64 bits per heavy atom. The molecule has 0 aliphatic carbocycles. The van der Waals surface area contributed by atoms with E-state index in [9.17, 15) is 41.1 Å². The molecule has 12 heteroatoms. The van der Waals surface area contributed by atoms with Gasteiger partial charge in [-0.1, -0.05) is 121 Å². The zero-order valence-electron chi connectivity index (χ0n) is 31.3. The van der Waals surface area contributed by atoms with Gasteiger partial charge in [-0.25, -0.2) is 13.2 Å². The molecule has 0 bridgehead atoms. The predicted octanol–water partition coefficient (Wildman–Crippen LogP) is 10.6. The highest BCUT2D eigenvalue weighted by atomic mass is 19.2. The van der Waals surface area contributed by atoms with Gasteiger partial charge in [-0.05, 0) is 38.2 Å². The molecule has 0 aliphatic heterocycles. The number of hydrogen-bond donors (Lipinski definition) is 0. The van der Waals surface area contributed by atoms with Gasteiger partial charge in [0.05, 0.1) is 6.04 Å². The molecule has 0 fully saturated rings. The largest absolute Gasteiger partial charge is 0.461 e. The van der Waals surface area contributed by atoms with Gasteiger partial charge in [-0.3, -0.25) is 19.2 Å². The average molecular weight is 754 g/mol. The molecule has 7 nitrogen and oxygen atoms in total. The summed E-state index contributed by atoms with van der Waals surface area (Å²) in [4.78, 5) is 52.2. The number of hydrogen-bond acceptors (Lipinski definition) is 6. The predicted molar refractivity (Wildman–Crippen MR) is 192 cm³/mol. The molecule has 0 N–H and O–H groups in total. The van der Waals surface area contributed by atoms with E-state index >= 15 is 0 Å². The maximum Gasteiger partial charge on any atom is 0.311 e. The number of benzene rings is 2. The Balaban J connectivity index is 1.85. The van der Waals surface area contributed by atoms with Gasteiger partial charge < -0.3 is 14.4 Å². The van der Waals surface area contributed by atoms with Crippen LogP contribution in [0.25, 0.3) is 0 Å². The summed E-state index contributed by atoms with van der Waals surface area (Å²) in [5.41, 5.74) is 0.944. The van der Waals surface area contributed by atoms with Crippen molar-refractivity contribution in [2.24, 2.45) is 0 Å². The Kier molecular flexibility index (Phi) is 22.3. The third-order valence-corrected chi connectivity index (χ3v) is 9.19. The SMILES string of the molecule is CCCCCCCCCCCN(C(=O)CCCCCCCCCC(=O)OCc1ccccc1)[C@H](CCC(=O)Oc1c(F)c(F)c(F)c(F)c1F)C(C)=O. The number of rotatable bonds is 28. The summed E-state index contributed by atoms with van der Waals surface area (Å²) < 4.78 is 78.5. The molecule has 0 aliphatic rings. The molecule has 2 aromatic rings. The van der Waals surface area contributed by atoms with E-state index in [0.29, 0.717) is 19.3 Å². The molecule has 2 rings (SSSR count). The fraction of sp³-hybridized carbons (Fsp3) is 0.610. The van der Waals surface area contributed by atoms with E-state index in [1.54, 1.807) is 0 Å². The maximum atomic E-state index is 14.1. The van der Waals surface area contributed by atoms with Crippen molar-refractivity contribution in [3.8, 4) is 5.75 Å². The van der Waals surface area contributed by atoms with Crippen LogP contribution in [0, 0.1) is 29.1 Å². The lowest BCUT2D eigenvalue weighted by Crippen LogP contribution is -2.45. The second-order valence-electron chi connectivity index (χ2n) is 13.6. The molecule has 1 atom stereocenters. The van der Waals surface area contributed by atoms with Crippen molar-refractivity contribution in [1.29, 1.82) is 0 Å². The summed E-state index contributed by atoms with van der Waals surface area (Å²) in [6.07, 6.45) is 14.9. The van der Waals surface area contributed by atoms with Crippen molar-refractivity contribution in [2.75, 3.05) is 6.54 Å². The maximum absolute atomic E-state index is 14.1.